The normalized spacial score (nSPS) is 11.8. The lowest BCUT2D eigenvalue weighted by molar-refractivity contribution is -0.121. The summed E-state index contributed by atoms with van der Waals surface area (Å²) in [5.41, 5.74) is 3.66. The van der Waals surface area contributed by atoms with Crippen molar-refractivity contribution in [2.24, 2.45) is 5.10 Å². The second kappa shape index (κ2) is 9.38. The predicted octanol–water partition coefficient (Wildman–Crippen LogP) is 3.08. The van der Waals surface area contributed by atoms with Crippen LogP contribution in [0.15, 0.2) is 46.4 Å². The molecule has 0 spiro atoms. The van der Waals surface area contributed by atoms with Crippen LogP contribution in [0.25, 0.3) is 0 Å². The maximum Gasteiger partial charge on any atom is 0.255 e. The third kappa shape index (κ3) is 5.45. The van der Waals surface area contributed by atoms with E-state index in [2.05, 4.69) is 10.5 Å². The molecule has 0 aromatic heterocycles. The van der Waals surface area contributed by atoms with Crippen LogP contribution in [-0.4, -0.2) is 45.5 Å². The lowest BCUT2D eigenvalue weighted by Crippen LogP contribution is -2.36. The number of sulfonamides is 1. The smallest absolute Gasteiger partial charge is 0.255 e. The van der Waals surface area contributed by atoms with E-state index in [1.807, 2.05) is 0 Å². The zero-order valence-electron chi connectivity index (χ0n) is 15.4. The van der Waals surface area contributed by atoms with Gasteiger partial charge in [-0.1, -0.05) is 35.3 Å². The zero-order chi connectivity index (χ0) is 20.9. The summed E-state index contributed by atoms with van der Waals surface area (Å²) < 4.78 is 31.6. The van der Waals surface area contributed by atoms with Crippen LogP contribution >= 0.6 is 23.2 Å². The summed E-state index contributed by atoms with van der Waals surface area (Å²) >= 11 is 11.7. The van der Waals surface area contributed by atoms with Gasteiger partial charge < -0.3 is 4.74 Å². The summed E-state index contributed by atoms with van der Waals surface area (Å²) in [7, 11) is -1.24. The number of halogens is 2. The van der Waals surface area contributed by atoms with Gasteiger partial charge >= 0.3 is 0 Å². The Labute approximate surface area is 173 Å². The third-order valence-electron chi connectivity index (χ3n) is 3.72. The Bertz CT molecular complexity index is 1010. The number of hydrogen-bond acceptors (Lipinski definition) is 5. The van der Waals surface area contributed by atoms with Gasteiger partial charge in [0.2, 0.25) is 10.0 Å². The Morgan fingerprint density at radius 1 is 1.21 bits per heavy atom. The number of likely N-dealkylation sites (N-methyl/N-ethyl adjacent to an activating group) is 1. The van der Waals surface area contributed by atoms with Crippen LogP contribution in [0, 0.1) is 6.92 Å². The SMILES string of the molecule is COc1ccc(C)cc1S(=O)(=O)N(C)CC(=O)N/N=C\c1ccc(Cl)c(Cl)c1. The Hall–Kier alpha value is -2.13. The average Bonchev–Trinajstić information content (AvgIpc) is 2.64. The number of amides is 1. The largest absolute Gasteiger partial charge is 0.495 e. The van der Waals surface area contributed by atoms with Crippen molar-refractivity contribution in [3.63, 3.8) is 0 Å². The molecule has 0 unspecified atom stereocenters. The monoisotopic (exact) mass is 443 g/mol. The number of nitrogens with zero attached hydrogens (tertiary/aromatic N) is 2. The Kier molecular flexibility index (Phi) is 7.42. The van der Waals surface area contributed by atoms with E-state index in [0.717, 1.165) is 9.87 Å². The second-order valence-corrected chi connectivity index (χ2v) is 8.71. The fourth-order valence-electron chi connectivity index (χ4n) is 2.25. The van der Waals surface area contributed by atoms with Crippen molar-refractivity contribution >= 4 is 45.3 Å². The molecule has 28 heavy (non-hydrogen) atoms. The van der Waals surface area contributed by atoms with E-state index < -0.39 is 22.5 Å². The fourth-order valence-corrected chi connectivity index (χ4v) is 3.92. The van der Waals surface area contributed by atoms with Crippen molar-refractivity contribution < 1.29 is 17.9 Å². The lowest BCUT2D eigenvalue weighted by Gasteiger charge is -2.18. The third-order valence-corrected chi connectivity index (χ3v) is 6.28. The van der Waals surface area contributed by atoms with Gasteiger partial charge in [0.15, 0.2) is 0 Å². The molecule has 0 atom stereocenters. The summed E-state index contributed by atoms with van der Waals surface area (Å²) in [6.45, 7) is 1.35. The number of carbonyl (C=O) groups excluding carboxylic acids is 1. The number of hydrogen-bond donors (Lipinski definition) is 1. The molecular weight excluding hydrogens is 425 g/mol. The van der Waals surface area contributed by atoms with Crippen molar-refractivity contribution in [3.05, 3.63) is 57.6 Å². The van der Waals surface area contributed by atoms with E-state index in [1.165, 1.54) is 26.4 Å². The molecule has 0 heterocycles. The highest BCUT2D eigenvalue weighted by atomic mass is 35.5. The molecule has 1 amide bonds. The number of ether oxygens (including phenoxy) is 1. The number of rotatable bonds is 7. The van der Waals surface area contributed by atoms with Gasteiger partial charge in [-0.3, -0.25) is 4.79 Å². The van der Waals surface area contributed by atoms with E-state index in [4.69, 9.17) is 27.9 Å². The predicted molar refractivity (Wildman–Crippen MR) is 110 cm³/mol. The first-order chi connectivity index (χ1) is 13.1. The Morgan fingerprint density at radius 2 is 1.93 bits per heavy atom. The molecule has 1 N–H and O–H groups in total. The molecule has 0 saturated heterocycles. The average molecular weight is 444 g/mol. The van der Waals surface area contributed by atoms with Gasteiger partial charge in [0.25, 0.3) is 5.91 Å². The molecule has 0 aliphatic carbocycles. The standard InChI is InChI=1S/C18H19Cl2N3O4S/c1-12-4-7-16(27-3)17(8-12)28(25,26)23(2)11-18(24)22-21-10-13-5-6-14(19)15(20)9-13/h4-10H,11H2,1-3H3,(H,22,24)/b21-10-. The van der Waals surface area contributed by atoms with Crippen LogP contribution in [0.1, 0.15) is 11.1 Å². The quantitative estimate of drug-likeness (QED) is 0.525. The molecule has 0 radical (unpaired) electrons. The number of nitrogens with one attached hydrogen (secondary N) is 1. The first kappa shape index (κ1) is 22.2. The maximum atomic E-state index is 12.8. The number of benzene rings is 2. The fraction of sp³-hybridized carbons (Fsp3) is 0.222. The van der Waals surface area contributed by atoms with Gasteiger partial charge in [0, 0.05) is 7.05 Å². The van der Waals surface area contributed by atoms with E-state index in [1.54, 1.807) is 37.3 Å². The van der Waals surface area contributed by atoms with Gasteiger partial charge in [-0.2, -0.15) is 9.41 Å². The van der Waals surface area contributed by atoms with E-state index in [-0.39, 0.29) is 10.6 Å². The Balaban J connectivity index is 2.06. The highest BCUT2D eigenvalue weighted by Gasteiger charge is 2.26. The number of methoxy groups -OCH3 is 1. The first-order valence-corrected chi connectivity index (χ1v) is 10.2. The van der Waals surface area contributed by atoms with Gasteiger partial charge in [-0.25, -0.2) is 13.8 Å². The molecular formula is C18H19Cl2N3O4S. The molecule has 7 nitrogen and oxygen atoms in total. The van der Waals surface area contributed by atoms with Crippen molar-refractivity contribution in [2.45, 2.75) is 11.8 Å². The molecule has 2 aromatic carbocycles. The van der Waals surface area contributed by atoms with Crippen LogP contribution in [0.5, 0.6) is 5.75 Å². The molecule has 0 aliphatic rings. The molecule has 0 saturated carbocycles. The van der Waals surface area contributed by atoms with E-state index in [0.29, 0.717) is 15.6 Å². The minimum absolute atomic E-state index is 0.00962. The minimum atomic E-state index is -3.92. The molecule has 10 heteroatoms. The van der Waals surface area contributed by atoms with Crippen LogP contribution in [0.4, 0.5) is 0 Å². The Morgan fingerprint density at radius 3 is 2.57 bits per heavy atom. The van der Waals surface area contributed by atoms with Crippen LogP contribution in [0.2, 0.25) is 10.0 Å². The summed E-state index contributed by atoms with van der Waals surface area (Å²) in [6, 6.07) is 9.65. The molecule has 0 aliphatic heterocycles. The summed E-state index contributed by atoms with van der Waals surface area (Å²) in [5.74, 6) is -0.399. The second-order valence-electron chi connectivity index (χ2n) is 5.88. The van der Waals surface area contributed by atoms with Crippen molar-refractivity contribution in [3.8, 4) is 5.75 Å². The molecule has 150 valence electrons. The topological polar surface area (TPSA) is 88.1 Å². The molecule has 2 rings (SSSR count). The molecule has 0 bridgehead atoms. The van der Waals surface area contributed by atoms with E-state index >= 15 is 0 Å². The highest BCUT2D eigenvalue weighted by molar-refractivity contribution is 7.89. The van der Waals surface area contributed by atoms with Crippen LogP contribution < -0.4 is 10.2 Å². The summed E-state index contributed by atoms with van der Waals surface area (Å²) in [5, 5.41) is 4.56. The summed E-state index contributed by atoms with van der Waals surface area (Å²) in [6.07, 6.45) is 1.37. The van der Waals surface area contributed by atoms with Gasteiger partial charge in [-0.15, -0.1) is 0 Å². The number of aryl methyl sites for hydroxylation is 1. The van der Waals surface area contributed by atoms with Gasteiger partial charge in [-0.05, 0) is 42.3 Å². The van der Waals surface area contributed by atoms with Gasteiger partial charge in [0.05, 0.1) is 29.9 Å². The minimum Gasteiger partial charge on any atom is -0.495 e. The van der Waals surface area contributed by atoms with Crippen LogP contribution in [-0.2, 0) is 14.8 Å². The first-order valence-electron chi connectivity index (χ1n) is 8.03. The van der Waals surface area contributed by atoms with Gasteiger partial charge in [0.1, 0.15) is 10.6 Å². The maximum absolute atomic E-state index is 12.8. The number of carbonyl (C=O) groups is 1. The summed E-state index contributed by atoms with van der Waals surface area (Å²) in [4.78, 5) is 12.0. The lowest BCUT2D eigenvalue weighted by atomic mass is 10.2. The number of hydrazone groups is 1. The molecule has 0 fully saturated rings. The van der Waals surface area contributed by atoms with Crippen molar-refractivity contribution in [1.29, 1.82) is 0 Å². The highest BCUT2D eigenvalue weighted by Crippen LogP contribution is 2.27. The van der Waals surface area contributed by atoms with Crippen LogP contribution in [0.3, 0.4) is 0 Å². The van der Waals surface area contributed by atoms with Crippen molar-refractivity contribution in [1.82, 2.24) is 9.73 Å². The van der Waals surface area contributed by atoms with E-state index in [9.17, 15) is 13.2 Å². The molecule has 2 aromatic rings. The zero-order valence-corrected chi connectivity index (χ0v) is 17.8. The van der Waals surface area contributed by atoms with Crippen molar-refractivity contribution in [2.75, 3.05) is 20.7 Å².